The molecule has 0 spiro atoms. The zero-order chi connectivity index (χ0) is 28.8. The zero-order valence-electron chi connectivity index (χ0n) is 23.4. The summed E-state index contributed by atoms with van der Waals surface area (Å²) >= 11 is 0. The average Bonchev–Trinajstić information content (AvgIpc) is 3.58. The van der Waals surface area contributed by atoms with Gasteiger partial charge in [0.1, 0.15) is 5.82 Å². The number of carbonyl (C=O) groups excluding carboxylic acids is 2. The molecule has 0 aliphatic carbocycles. The first-order valence-electron chi connectivity index (χ1n) is 12.9. The lowest BCUT2D eigenvalue weighted by atomic mass is 10.1. The van der Waals surface area contributed by atoms with E-state index in [0.29, 0.717) is 43.0 Å². The van der Waals surface area contributed by atoms with Crippen molar-refractivity contribution in [3.8, 4) is 11.4 Å². The van der Waals surface area contributed by atoms with Crippen LogP contribution in [0.4, 0.5) is 18.9 Å². The summed E-state index contributed by atoms with van der Waals surface area (Å²) in [5.74, 6) is -1.51. The number of hydrogen-bond acceptors (Lipinski definition) is 8. The van der Waals surface area contributed by atoms with E-state index in [1.165, 1.54) is 17.1 Å². The van der Waals surface area contributed by atoms with Crippen molar-refractivity contribution in [3.63, 3.8) is 0 Å². The third-order valence-corrected chi connectivity index (χ3v) is 6.65. The van der Waals surface area contributed by atoms with E-state index in [2.05, 4.69) is 25.3 Å². The summed E-state index contributed by atoms with van der Waals surface area (Å²) in [5, 5.41) is 13.0. The first kappa shape index (κ1) is 35.0. The van der Waals surface area contributed by atoms with E-state index in [4.69, 9.17) is 0 Å². The molecule has 15 heteroatoms. The number of alkyl halides is 2. The summed E-state index contributed by atoms with van der Waals surface area (Å²) in [4.78, 5) is 31.4. The number of aromatic nitrogens is 2. The predicted octanol–water partition coefficient (Wildman–Crippen LogP) is 3.89. The largest absolute Gasteiger partial charge is 0.333 e. The SMILES string of the molecule is CCNCCN(C(=O)CNCC(=O)N(C)N1Cc2ccc(F)cc2C1)c1ccc(-c2noc(C(F)F)n2)cc1C.Cl.Cl. The normalized spacial score (nSPS) is 12.5. The smallest absolute Gasteiger partial charge is 0.315 e. The van der Waals surface area contributed by atoms with Gasteiger partial charge in [0.2, 0.25) is 11.7 Å². The summed E-state index contributed by atoms with van der Waals surface area (Å²) in [6, 6.07) is 9.66. The first-order chi connectivity index (χ1) is 19.2. The van der Waals surface area contributed by atoms with E-state index in [1.54, 1.807) is 43.1 Å². The quantitative estimate of drug-likeness (QED) is 0.290. The van der Waals surface area contributed by atoms with Crippen LogP contribution in [0.2, 0.25) is 0 Å². The van der Waals surface area contributed by atoms with Crippen molar-refractivity contribution in [1.29, 1.82) is 0 Å². The molecule has 230 valence electrons. The van der Waals surface area contributed by atoms with Gasteiger partial charge in [0, 0.05) is 44.5 Å². The van der Waals surface area contributed by atoms with E-state index in [0.717, 1.165) is 17.7 Å². The van der Waals surface area contributed by atoms with Crippen molar-refractivity contribution in [2.24, 2.45) is 0 Å². The highest BCUT2D eigenvalue weighted by Crippen LogP contribution is 2.28. The van der Waals surface area contributed by atoms with E-state index in [9.17, 15) is 22.8 Å². The molecule has 0 bridgehead atoms. The summed E-state index contributed by atoms with van der Waals surface area (Å²) in [5.41, 5.74) is 3.64. The van der Waals surface area contributed by atoms with Crippen LogP contribution in [0.3, 0.4) is 0 Å². The number of benzene rings is 2. The highest BCUT2D eigenvalue weighted by Gasteiger charge is 2.26. The molecule has 0 fully saturated rings. The average molecular weight is 633 g/mol. The maximum atomic E-state index is 13.5. The van der Waals surface area contributed by atoms with Crippen LogP contribution in [-0.2, 0) is 22.7 Å². The molecule has 2 aromatic carbocycles. The monoisotopic (exact) mass is 631 g/mol. The van der Waals surface area contributed by atoms with Gasteiger partial charge in [-0.3, -0.25) is 19.9 Å². The number of likely N-dealkylation sites (N-methyl/N-ethyl adjacent to an activating group) is 2. The molecule has 0 unspecified atom stereocenters. The number of nitrogens with one attached hydrogen (secondary N) is 2. The molecule has 0 saturated heterocycles. The first-order valence-corrected chi connectivity index (χ1v) is 12.9. The number of nitrogens with zero attached hydrogens (tertiary/aromatic N) is 5. The molecule has 0 saturated carbocycles. The van der Waals surface area contributed by atoms with Gasteiger partial charge in [-0.1, -0.05) is 18.1 Å². The molecule has 2 heterocycles. The number of amides is 2. The van der Waals surface area contributed by atoms with Crippen LogP contribution in [0.15, 0.2) is 40.9 Å². The Bertz CT molecular complexity index is 1360. The van der Waals surface area contributed by atoms with E-state index < -0.39 is 12.3 Å². The zero-order valence-corrected chi connectivity index (χ0v) is 25.0. The van der Waals surface area contributed by atoms with Gasteiger partial charge in [0.25, 0.3) is 11.8 Å². The number of anilines is 1. The van der Waals surface area contributed by atoms with Crippen LogP contribution in [0.1, 0.15) is 35.9 Å². The molecule has 2 amide bonds. The minimum absolute atomic E-state index is 0. The molecule has 1 aromatic heterocycles. The summed E-state index contributed by atoms with van der Waals surface area (Å²) in [6.45, 7) is 6.19. The Labute approximate surface area is 254 Å². The fourth-order valence-electron chi connectivity index (χ4n) is 4.49. The second kappa shape index (κ2) is 15.8. The lowest BCUT2D eigenvalue weighted by molar-refractivity contribution is -0.145. The molecule has 2 N–H and O–H groups in total. The van der Waals surface area contributed by atoms with Crippen LogP contribution in [0.25, 0.3) is 11.4 Å². The summed E-state index contributed by atoms with van der Waals surface area (Å²) < 4.78 is 43.8. The molecule has 3 aromatic rings. The number of fused-ring (bicyclic) bond motifs is 1. The lowest BCUT2D eigenvalue weighted by Gasteiger charge is -2.28. The Balaban J connectivity index is 0.00000308. The fraction of sp³-hybridized carbons (Fsp3) is 0.407. The number of rotatable bonds is 12. The second-order valence-corrected chi connectivity index (χ2v) is 9.41. The van der Waals surface area contributed by atoms with Gasteiger partial charge in [0.15, 0.2) is 0 Å². The van der Waals surface area contributed by atoms with Crippen molar-refractivity contribution in [3.05, 3.63) is 64.8 Å². The van der Waals surface area contributed by atoms with Crippen molar-refractivity contribution < 1.29 is 27.3 Å². The summed E-state index contributed by atoms with van der Waals surface area (Å²) in [7, 11) is 1.65. The number of carbonyl (C=O) groups is 2. The highest BCUT2D eigenvalue weighted by atomic mass is 35.5. The Morgan fingerprint density at radius 3 is 2.43 bits per heavy atom. The van der Waals surface area contributed by atoms with Crippen LogP contribution in [0, 0.1) is 12.7 Å². The van der Waals surface area contributed by atoms with Gasteiger partial charge in [-0.05, 0) is 60.5 Å². The Kier molecular flexibility index (Phi) is 13.2. The molecular formula is C27H34Cl2F3N7O3. The van der Waals surface area contributed by atoms with Gasteiger partial charge in [0.05, 0.1) is 13.1 Å². The van der Waals surface area contributed by atoms with Crippen molar-refractivity contribution in [2.75, 3.05) is 44.7 Å². The summed E-state index contributed by atoms with van der Waals surface area (Å²) in [6.07, 6.45) is -2.86. The van der Waals surface area contributed by atoms with E-state index in [1.807, 2.05) is 11.9 Å². The lowest BCUT2D eigenvalue weighted by Crippen LogP contribution is -2.47. The molecule has 0 radical (unpaired) electrons. The Hall–Kier alpha value is -3.23. The van der Waals surface area contributed by atoms with Crippen molar-refractivity contribution >= 4 is 42.3 Å². The molecule has 4 rings (SSSR count). The number of hydrazine groups is 1. The minimum atomic E-state index is -2.86. The maximum Gasteiger partial charge on any atom is 0.315 e. The predicted molar refractivity (Wildman–Crippen MR) is 156 cm³/mol. The third kappa shape index (κ3) is 8.42. The number of hydrogen-bond donors (Lipinski definition) is 2. The Morgan fingerprint density at radius 1 is 1.05 bits per heavy atom. The minimum Gasteiger partial charge on any atom is -0.333 e. The Morgan fingerprint density at radius 2 is 1.76 bits per heavy atom. The van der Waals surface area contributed by atoms with Gasteiger partial charge in [-0.25, -0.2) is 9.40 Å². The topological polar surface area (TPSA) is 107 Å². The van der Waals surface area contributed by atoms with E-state index >= 15 is 0 Å². The van der Waals surface area contributed by atoms with Crippen LogP contribution < -0.4 is 15.5 Å². The third-order valence-electron chi connectivity index (χ3n) is 6.65. The fourth-order valence-corrected chi connectivity index (χ4v) is 4.49. The van der Waals surface area contributed by atoms with Gasteiger partial charge >= 0.3 is 6.43 Å². The van der Waals surface area contributed by atoms with Crippen LogP contribution in [-0.4, -0.2) is 71.7 Å². The van der Waals surface area contributed by atoms with Crippen molar-refractivity contribution in [2.45, 2.75) is 33.4 Å². The van der Waals surface area contributed by atoms with Crippen LogP contribution in [0.5, 0.6) is 0 Å². The molecule has 10 nitrogen and oxygen atoms in total. The van der Waals surface area contributed by atoms with Gasteiger partial charge < -0.3 is 14.7 Å². The molecule has 1 aliphatic rings. The van der Waals surface area contributed by atoms with Crippen LogP contribution >= 0.6 is 24.8 Å². The van der Waals surface area contributed by atoms with Gasteiger partial charge in [-0.2, -0.15) is 13.8 Å². The number of aryl methyl sites for hydroxylation is 1. The van der Waals surface area contributed by atoms with E-state index in [-0.39, 0.29) is 61.4 Å². The van der Waals surface area contributed by atoms with Gasteiger partial charge in [-0.15, -0.1) is 24.8 Å². The standard InChI is InChI=1S/C27H32F3N7O3.2ClH/c1-4-31-9-10-37(22-8-6-18(11-17(22)2)26-33-27(25(29)30)40-34-26)24(39)14-32-13-23(38)35(3)36-15-19-5-7-21(28)12-20(19)16-36;;/h5-8,11-12,25,31-32H,4,9-10,13-16H2,1-3H3;2*1H. The number of halogens is 5. The molecule has 0 atom stereocenters. The molecule has 42 heavy (non-hydrogen) atoms. The molecular weight excluding hydrogens is 598 g/mol. The second-order valence-electron chi connectivity index (χ2n) is 9.41. The highest BCUT2D eigenvalue weighted by molar-refractivity contribution is 5.96. The maximum absolute atomic E-state index is 13.5. The molecule has 1 aliphatic heterocycles. The van der Waals surface area contributed by atoms with Crippen molar-refractivity contribution in [1.82, 2.24) is 30.8 Å².